The van der Waals surface area contributed by atoms with Crippen LogP contribution in [-0.2, 0) is 4.74 Å². The Balaban J connectivity index is 3.35. The van der Waals surface area contributed by atoms with Crippen LogP contribution >= 0.6 is 0 Å². The van der Waals surface area contributed by atoms with Crippen LogP contribution in [0.1, 0.15) is 17.3 Å². The lowest BCUT2D eigenvalue weighted by molar-refractivity contribution is 0.0527. The number of hydrogen-bond donors (Lipinski definition) is 0. The van der Waals surface area contributed by atoms with E-state index < -0.39 is 8.07 Å². The van der Waals surface area contributed by atoms with Crippen molar-refractivity contribution in [3.05, 3.63) is 23.8 Å². The second kappa shape index (κ2) is 5.36. The summed E-state index contributed by atoms with van der Waals surface area (Å²) < 4.78 is 10.5. The van der Waals surface area contributed by atoms with E-state index in [1.165, 1.54) is 0 Å². The number of methoxy groups -OCH3 is 1. The van der Waals surface area contributed by atoms with Crippen molar-refractivity contribution in [1.82, 2.24) is 0 Å². The molecule has 0 N–H and O–H groups in total. The molecule has 0 saturated heterocycles. The molecule has 0 aliphatic carbocycles. The molecule has 0 atom stereocenters. The van der Waals surface area contributed by atoms with Crippen LogP contribution in [0.25, 0.3) is 0 Å². The Bertz CT molecular complexity index is 408. The van der Waals surface area contributed by atoms with Crippen molar-refractivity contribution in [2.75, 3.05) is 13.7 Å². The van der Waals surface area contributed by atoms with Gasteiger partial charge in [-0.05, 0) is 24.2 Å². The molecule has 0 aliphatic rings. The van der Waals surface area contributed by atoms with Gasteiger partial charge in [-0.25, -0.2) is 4.79 Å². The van der Waals surface area contributed by atoms with E-state index in [9.17, 15) is 4.79 Å². The monoisotopic (exact) mass is 252 g/mol. The molecular weight excluding hydrogens is 232 g/mol. The summed E-state index contributed by atoms with van der Waals surface area (Å²) in [6.45, 7) is 8.77. The largest absolute Gasteiger partial charge is 0.497 e. The van der Waals surface area contributed by atoms with Gasteiger partial charge in [0.25, 0.3) is 0 Å². The average molecular weight is 252 g/mol. The molecule has 1 rings (SSSR count). The maximum Gasteiger partial charge on any atom is 0.338 e. The molecule has 0 fully saturated rings. The number of carbonyl (C=O) groups is 1. The van der Waals surface area contributed by atoms with Crippen molar-refractivity contribution in [3.8, 4) is 5.75 Å². The van der Waals surface area contributed by atoms with E-state index in [1.54, 1.807) is 7.11 Å². The van der Waals surface area contributed by atoms with Crippen molar-refractivity contribution < 1.29 is 14.3 Å². The minimum atomic E-state index is -1.66. The van der Waals surface area contributed by atoms with Crippen molar-refractivity contribution in [2.45, 2.75) is 26.6 Å². The summed E-state index contributed by atoms with van der Waals surface area (Å²) in [5.41, 5.74) is 0.644. The van der Waals surface area contributed by atoms with Gasteiger partial charge in [0, 0.05) is 0 Å². The summed E-state index contributed by atoms with van der Waals surface area (Å²) in [6.07, 6.45) is 0. The second-order valence-corrected chi connectivity index (χ2v) is 9.85. The van der Waals surface area contributed by atoms with Gasteiger partial charge in [-0.1, -0.05) is 25.7 Å². The first-order valence-corrected chi connectivity index (χ1v) is 9.26. The Morgan fingerprint density at radius 2 is 1.94 bits per heavy atom. The quantitative estimate of drug-likeness (QED) is 0.610. The van der Waals surface area contributed by atoms with Gasteiger partial charge < -0.3 is 9.47 Å². The van der Waals surface area contributed by atoms with Gasteiger partial charge in [-0.2, -0.15) is 0 Å². The SMILES string of the molecule is CCOC(=O)c1cccc(OC)c1[Si](C)(C)C. The fourth-order valence-electron chi connectivity index (χ4n) is 1.85. The second-order valence-electron chi connectivity index (χ2n) is 4.85. The highest BCUT2D eigenvalue weighted by Crippen LogP contribution is 2.18. The van der Waals surface area contributed by atoms with E-state index in [4.69, 9.17) is 9.47 Å². The molecule has 94 valence electrons. The first-order chi connectivity index (χ1) is 7.91. The lowest BCUT2D eigenvalue weighted by atomic mass is 10.2. The summed E-state index contributed by atoms with van der Waals surface area (Å²) in [6, 6.07) is 5.54. The molecule has 1 aromatic rings. The molecule has 1 aromatic carbocycles. The van der Waals surface area contributed by atoms with E-state index in [0.29, 0.717) is 12.2 Å². The number of rotatable bonds is 4. The van der Waals surface area contributed by atoms with Gasteiger partial charge in [0.05, 0.1) is 27.4 Å². The molecule has 17 heavy (non-hydrogen) atoms. The third kappa shape index (κ3) is 3.09. The van der Waals surface area contributed by atoms with Crippen LogP contribution in [-0.4, -0.2) is 27.8 Å². The number of ether oxygens (including phenoxy) is 2. The zero-order valence-electron chi connectivity index (χ0n) is 11.2. The molecule has 3 nitrogen and oxygen atoms in total. The lowest BCUT2D eigenvalue weighted by Gasteiger charge is -2.22. The molecule has 0 saturated carbocycles. The Hall–Kier alpha value is -1.29. The molecule has 0 amide bonds. The van der Waals surface area contributed by atoms with Gasteiger partial charge in [-0.15, -0.1) is 0 Å². The maximum atomic E-state index is 11.9. The number of benzene rings is 1. The molecule has 0 unspecified atom stereocenters. The zero-order valence-corrected chi connectivity index (χ0v) is 12.2. The Morgan fingerprint density at radius 3 is 2.41 bits per heavy atom. The van der Waals surface area contributed by atoms with Gasteiger partial charge in [-0.3, -0.25) is 0 Å². The van der Waals surface area contributed by atoms with E-state index in [2.05, 4.69) is 19.6 Å². The van der Waals surface area contributed by atoms with Crippen molar-refractivity contribution in [1.29, 1.82) is 0 Å². The van der Waals surface area contributed by atoms with Gasteiger partial charge in [0.2, 0.25) is 0 Å². The fourth-order valence-corrected chi connectivity index (χ4v) is 3.77. The highest BCUT2D eigenvalue weighted by atomic mass is 28.3. The standard InChI is InChI=1S/C13H20O3Si/c1-6-16-13(14)10-8-7-9-11(15-2)12(10)17(3,4)5/h7-9H,6H2,1-5H3. The molecule has 0 aromatic heterocycles. The normalized spacial score (nSPS) is 11.1. The van der Waals surface area contributed by atoms with Crippen LogP contribution in [0, 0.1) is 0 Å². The molecule has 0 spiro atoms. The first kappa shape index (κ1) is 13.8. The molecular formula is C13H20O3Si. The molecule has 4 heteroatoms. The van der Waals surface area contributed by atoms with Crippen molar-refractivity contribution in [3.63, 3.8) is 0 Å². The van der Waals surface area contributed by atoms with E-state index in [-0.39, 0.29) is 5.97 Å². The summed E-state index contributed by atoms with van der Waals surface area (Å²) in [5, 5.41) is 1.03. The molecule has 0 aliphatic heterocycles. The van der Waals surface area contributed by atoms with Crippen LogP contribution < -0.4 is 9.92 Å². The van der Waals surface area contributed by atoms with Crippen molar-refractivity contribution in [2.24, 2.45) is 0 Å². The summed E-state index contributed by atoms with van der Waals surface area (Å²) in [7, 11) is -0.0282. The van der Waals surface area contributed by atoms with E-state index >= 15 is 0 Å². The zero-order chi connectivity index (χ0) is 13.1. The maximum absolute atomic E-state index is 11.9. The predicted octanol–water partition coefficient (Wildman–Crippen LogP) is 2.42. The van der Waals surface area contributed by atoms with Crippen molar-refractivity contribution >= 4 is 19.2 Å². The third-order valence-electron chi connectivity index (χ3n) is 2.49. The van der Waals surface area contributed by atoms with Gasteiger partial charge >= 0.3 is 5.97 Å². The lowest BCUT2D eigenvalue weighted by Crippen LogP contribution is -2.42. The summed E-state index contributed by atoms with van der Waals surface area (Å²) in [5.74, 6) is 0.526. The predicted molar refractivity (Wildman–Crippen MR) is 71.9 cm³/mol. The third-order valence-corrected chi connectivity index (χ3v) is 4.51. The molecule has 0 bridgehead atoms. The highest BCUT2D eigenvalue weighted by Gasteiger charge is 2.27. The van der Waals surface area contributed by atoms with Crippen LogP contribution in [0.15, 0.2) is 18.2 Å². The number of carbonyl (C=O) groups excluding carboxylic acids is 1. The molecule has 0 heterocycles. The Morgan fingerprint density at radius 1 is 1.29 bits per heavy atom. The van der Waals surface area contributed by atoms with Gasteiger partial charge in [0.1, 0.15) is 5.75 Å². The first-order valence-electron chi connectivity index (χ1n) is 5.76. The van der Waals surface area contributed by atoms with Crippen LogP contribution in [0.4, 0.5) is 0 Å². The van der Waals surface area contributed by atoms with E-state index in [0.717, 1.165) is 10.9 Å². The van der Waals surface area contributed by atoms with Crippen LogP contribution in [0.5, 0.6) is 5.75 Å². The van der Waals surface area contributed by atoms with Gasteiger partial charge in [0.15, 0.2) is 0 Å². The Labute approximate surface area is 104 Å². The summed E-state index contributed by atoms with van der Waals surface area (Å²) in [4.78, 5) is 11.9. The van der Waals surface area contributed by atoms with Crippen LogP contribution in [0.3, 0.4) is 0 Å². The minimum absolute atomic E-state index is 0.260. The molecule has 0 radical (unpaired) electrons. The fraction of sp³-hybridized carbons (Fsp3) is 0.462. The number of hydrogen-bond acceptors (Lipinski definition) is 3. The average Bonchev–Trinajstić information content (AvgIpc) is 2.27. The smallest absolute Gasteiger partial charge is 0.338 e. The Kier molecular flexibility index (Phi) is 4.34. The summed E-state index contributed by atoms with van der Waals surface area (Å²) >= 11 is 0. The van der Waals surface area contributed by atoms with E-state index in [1.807, 2.05) is 25.1 Å². The number of esters is 1. The highest BCUT2D eigenvalue weighted by molar-refractivity contribution is 6.90. The minimum Gasteiger partial charge on any atom is -0.497 e. The topological polar surface area (TPSA) is 35.5 Å². The van der Waals surface area contributed by atoms with Crippen LogP contribution in [0.2, 0.25) is 19.6 Å².